The predicted octanol–water partition coefficient (Wildman–Crippen LogP) is 2.91. The maximum absolute atomic E-state index is 5.69. The van der Waals surface area contributed by atoms with E-state index in [4.69, 9.17) is 5.73 Å². The van der Waals surface area contributed by atoms with Gasteiger partial charge in [0.25, 0.3) is 0 Å². The molecule has 3 N–H and O–H groups in total. The summed E-state index contributed by atoms with van der Waals surface area (Å²) in [6, 6.07) is 14.0. The molecule has 0 spiro atoms. The van der Waals surface area contributed by atoms with Crippen LogP contribution in [-0.4, -0.2) is 17.0 Å². The highest BCUT2D eigenvalue weighted by Crippen LogP contribution is 2.26. The molecule has 2 aromatic carbocycles. The van der Waals surface area contributed by atoms with Crippen LogP contribution in [0.2, 0.25) is 0 Å². The Morgan fingerprint density at radius 1 is 1.06 bits per heavy atom. The second-order valence-corrected chi connectivity index (χ2v) is 4.25. The molecule has 0 bridgehead atoms. The molecule has 0 aliphatic carbocycles. The van der Waals surface area contributed by atoms with Gasteiger partial charge in [0.05, 0.1) is 17.4 Å². The average molecular weight is 238 g/mol. The van der Waals surface area contributed by atoms with Crippen LogP contribution >= 0.6 is 0 Å². The Balaban J connectivity index is 2.00. The minimum Gasteiger partial charge on any atom is -0.399 e. The van der Waals surface area contributed by atoms with Gasteiger partial charge in [0.15, 0.2) is 0 Å². The number of aromatic amines is 1. The molecule has 0 saturated heterocycles. The molecular weight excluding hydrogens is 224 g/mol. The van der Waals surface area contributed by atoms with Crippen molar-refractivity contribution < 1.29 is 0 Å². The van der Waals surface area contributed by atoms with Crippen LogP contribution in [0.15, 0.2) is 48.8 Å². The molecule has 18 heavy (non-hydrogen) atoms. The number of benzene rings is 2. The van der Waals surface area contributed by atoms with Crippen molar-refractivity contribution in [1.29, 1.82) is 0 Å². The number of nitrogens with one attached hydrogen (secondary N) is 1. The van der Waals surface area contributed by atoms with E-state index in [9.17, 15) is 0 Å². The second-order valence-electron chi connectivity index (χ2n) is 4.25. The zero-order valence-corrected chi connectivity index (χ0v) is 10.1. The van der Waals surface area contributed by atoms with E-state index in [0.717, 1.165) is 28.1 Å². The Bertz CT molecular complexity index is 670. The summed E-state index contributed by atoms with van der Waals surface area (Å²) < 4.78 is 0. The number of rotatable bonds is 2. The third kappa shape index (κ3) is 1.78. The van der Waals surface area contributed by atoms with E-state index in [1.807, 2.05) is 37.4 Å². The van der Waals surface area contributed by atoms with Crippen molar-refractivity contribution in [3.63, 3.8) is 0 Å². The maximum atomic E-state index is 5.69. The number of hydrogen-bond acceptors (Lipinski definition) is 3. The zero-order valence-electron chi connectivity index (χ0n) is 10.1. The highest BCUT2D eigenvalue weighted by Gasteiger charge is 2.05. The molecule has 4 heteroatoms. The highest BCUT2D eigenvalue weighted by molar-refractivity contribution is 5.80. The number of aromatic nitrogens is 2. The smallest absolute Gasteiger partial charge is 0.0931 e. The van der Waals surface area contributed by atoms with Crippen LogP contribution in [0, 0.1) is 0 Å². The average Bonchev–Trinajstić information content (AvgIpc) is 2.86. The Labute approximate surface area is 105 Å². The molecule has 0 fully saturated rings. The number of fused-ring (bicyclic) bond motifs is 1. The summed E-state index contributed by atoms with van der Waals surface area (Å²) in [6.07, 6.45) is 1.71. The fourth-order valence-electron chi connectivity index (χ4n) is 1.98. The van der Waals surface area contributed by atoms with Crippen LogP contribution in [-0.2, 0) is 0 Å². The van der Waals surface area contributed by atoms with Crippen LogP contribution in [0.3, 0.4) is 0 Å². The van der Waals surface area contributed by atoms with E-state index in [-0.39, 0.29) is 0 Å². The van der Waals surface area contributed by atoms with Crippen molar-refractivity contribution in [2.75, 3.05) is 17.7 Å². The summed E-state index contributed by atoms with van der Waals surface area (Å²) in [5, 5.41) is 0. The van der Waals surface area contributed by atoms with Gasteiger partial charge in [-0.05, 0) is 42.5 Å². The molecule has 0 amide bonds. The maximum Gasteiger partial charge on any atom is 0.0931 e. The number of imidazole rings is 1. The van der Waals surface area contributed by atoms with Gasteiger partial charge in [-0.25, -0.2) is 4.98 Å². The molecule has 0 unspecified atom stereocenters. The number of nitrogens with zero attached hydrogens (tertiary/aromatic N) is 2. The van der Waals surface area contributed by atoms with Gasteiger partial charge < -0.3 is 15.6 Å². The van der Waals surface area contributed by atoms with Gasteiger partial charge in [-0.1, -0.05) is 0 Å². The van der Waals surface area contributed by atoms with E-state index in [1.165, 1.54) is 0 Å². The van der Waals surface area contributed by atoms with Crippen LogP contribution in [0.5, 0.6) is 0 Å². The molecule has 1 heterocycles. The highest BCUT2D eigenvalue weighted by atomic mass is 15.1. The zero-order chi connectivity index (χ0) is 12.5. The molecule has 1 aromatic heterocycles. The van der Waals surface area contributed by atoms with Gasteiger partial charge in [-0.3, -0.25) is 0 Å². The molecule has 3 rings (SSSR count). The van der Waals surface area contributed by atoms with Gasteiger partial charge in [0, 0.05) is 24.1 Å². The van der Waals surface area contributed by atoms with Gasteiger partial charge in [0.2, 0.25) is 0 Å². The third-order valence-corrected chi connectivity index (χ3v) is 3.07. The largest absolute Gasteiger partial charge is 0.399 e. The Morgan fingerprint density at radius 3 is 2.56 bits per heavy atom. The molecule has 4 nitrogen and oxygen atoms in total. The van der Waals surface area contributed by atoms with Crippen LogP contribution < -0.4 is 10.6 Å². The summed E-state index contributed by atoms with van der Waals surface area (Å²) >= 11 is 0. The molecular formula is C14H14N4. The van der Waals surface area contributed by atoms with E-state index >= 15 is 0 Å². The lowest BCUT2D eigenvalue weighted by atomic mass is 10.2. The van der Waals surface area contributed by atoms with Crippen LogP contribution in [0.4, 0.5) is 17.1 Å². The van der Waals surface area contributed by atoms with Crippen molar-refractivity contribution in [2.24, 2.45) is 0 Å². The standard InChI is InChI=1S/C14H14N4/c1-18(11-4-2-10(15)3-5-11)12-6-7-13-14(8-12)17-9-16-13/h2-9H,15H2,1H3,(H,16,17). The molecule has 0 aliphatic rings. The molecule has 90 valence electrons. The minimum atomic E-state index is 0.774. The van der Waals surface area contributed by atoms with Gasteiger partial charge in [0.1, 0.15) is 0 Å². The monoisotopic (exact) mass is 238 g/mol. The fraction of sp³-hybridized carbons (Fsp3) is 0.0714. The molecule has 0 aliphatic heterocycles. The summed E-state index contributed by atoms with van der Waals surface area (Å²) in [7, 11) is 2.03. The number of anilines is 3. The summed E-state index contributed by atoms with van der Waals surface area (Å²) in [5.74, 6) is 0. The predicted molar refractivity (Wildman–Crippen MR) is 75.0 cm³/mol. The lowest BCUT2D eigenvalue weighted by Crippen LogP contribution is -2.09. The van der Waals surface area contributed by atoms with E-state index in [1.54, 1.807) is 6.33 Å². The quantitative estimate of drug-likeness (QED) is 0.675. The van der Waals surface area contributed by atoms with E-state index < -0.39 is 0 Å². The number of H-pyrrole nitrogens is 1. The number of nitrogens with two attached hydrogens (primary N) is 1. The molecule has 3 aromatic rings. The Hall–Kier alpha value is -2.49. The third-order valence-electron chi connectivity index (χ3n) is 3.07. The first-order valence-electron chi connectivity index (χ1n) is 5.76. The van der Waals surface area contributed by atoms with Gasteiger partial charge in [-0.15, -0.1) is 0 Å². The first kappa shape index (κ1) is 10.7. The van der Waals surface area contributed by atoms with Crippen molar-refractivity contribution in [1.82, 2.24) is 9.97 Å². The summed E-state index contributed by atoms with van der Waals surface area (Å²) in [5.41, 5.74) is 10.7. The van der Waals surface area contributed by atoms with Crippen molar-refractivity contribution in [2.45, 2.75) is 0 Å². The topological polar surface area (TPSA) is 57.9 Å². The summed E-state index contributed by atoms with van der Waals surface area (Å²) in [4.78, 5) is 9.44. The molecule has 0 saturated carbocycles. The normalized spacial score (nSPS) is 10.7. The summed E-state index contributed by atoms with van der Waals surface area (Å²) in [6.45, 7) is 0. The van der Waals surface area contributed by atoms with Crippen LogP contribution in [0.25, 0.3) is 11.0 Å². The van der Waals surface area contributed by atoms with Crippen molar-refractivity contribution in [3.05, 3.63) is 48.8 Å². The van der Waals surface area contributed by atoms with Crippen molar-refractivity contribution >= 4 is 28.1 Å². The first-order valence-corrected chi connectivity index (χ1v) is 5.76. The van der Waals surface area contributed by atoms with Gasteiger partial charge in [-0.2, -0.15) is 0 Å². The second kappa shape index (κ2) is 4.07. The SMILES string of the molecule is CN(c1ccc(N)cc1)c1ccc2nc[nH]c2c1. The Kier molecular flexibility index (Phi) is 2.41. The van der Waals surface area contributed by atoms with E-state index in [2.05, 4.69) is 27.0 Å². The lowest BCUT2D eigenvalue weighted by molar-refractivity contribution is 1.21. The van der Waals surface area contributed by atoms with Crippen LogP contribution in [0.1, 0.15) is 0 Å². The number of hydrogen-bond donors (Lipinski definition) is 2. The number of nitrogen functional groups attached to an aromatic ring is 1. The minimum absolute atomic E-state index is 0.774. The van der Waals surface area contributed by atoms with Crippen molar-refractivity contribution in [3.8, 4) is 0 Å². The van der Waals surface area contributed by atoms with E-state index in [0.29, 0.717) is 0 Å². The fourth-order valence-corrected chi connectivity index (χ4v) is 1.98. The molecule has 0 atom stereocenters. The first-order chi connectivity index (χ1) is 8.74. The lowest BCUT2D eigenvalue weighted by Gasteiger charge is -2.19. The molecule has 0 radical (unpaired) electrons. The van der Waals surface area contributed by atoms with Gasteiger partial charge >= 0.3 is 0 Å². The Morgan fingerprint density at radius 2 is 1.78 bits per heavy atom.